The zero-order chi connectivity index (χ0) is 16.7. The minimum Gasteiger partial charge on any atom is -0.497 e. The van der Waals surface area contributed by atoms with E-state index in [4.69, 9.17) is 4.74 Å². The Morgan fingerprint density at radius 3 is 2.65 bits per heavy atom. The second-order valence-corrected chi connectivity index (χ2v) is 5.02. The van der Waals surface area contributed by atoms with Crippen molar-refractivity contribution in [2.75, 3.05) is 26.0 Å². The molecule has 0 spiro atoms. The third kappa shape index (κ3) is 4.81. The van der Waals surface area contributed by atoms with Gasteiger partial charge < -0.3 is 15.0 Å². The standard InChI is InChI=1S/C17H19N3O3/c1-20(11-8-13-6-9-18-10-7-13)17(22)16(21)19-14-4-3-5-15(12-14)23-2/h3-7,9-10,12H,8,11H2,1-2H3,(H,19,21). The number of hydrogen-bond donors (Lipinski definition) is 1. The van der Waals surface area contributed by atoms with Gasteiger partial charge in [0.15, 0.2) is 0 Å². The molecule has 2 rings (SSSR count). The van der Waals surface area contributed by atoms with E-state index < -0.39 is 11.8 Å². The number of hydrogen-bond acceptors (Lipinski definition) is 4. The number of nitrogens with zero attached hydrogens (tertiary/aromatic N) is 2. The number of amides is 2. The first-order chi connectivity index (χ1) is 11.1. The number of methoxy groups -OCH3 is 1. The number of pyridine rings is 1. The number of carbonyl (C=O) groups excluding carboxylic acids is 2. The van der Waals surface area contributed by atoms with Crippen LogP contribution in [0.1, 0.15) is 5.56 Å². The maximum atomic E-state index is 12.1. The van der Waals surface area contributed by atoms with Crippen molar-refractivity contribution in [1.29, 1.82) is 0 Å². The fourth-order valence-corrected chi connectivity index (χ4v) is 2.01. The zero-order valence-corrected chi connectivity index (χ0v) is 13.2. The number of anilines is 1. The van der Waals surface area contributed by atoms with E-state index in [1.807, 2.05) is 12.1 Å². The molecule has 1 aromatic carbocycles. The van der Waals surface area contributed by atoms with Gasteiger partial charge in [-0.15, -0.1) is 0 Å². The van der Waals surface area contributed by atoms with E-state index in [9.17, 15) is 9.59 Å². The molecule has 0 fully saturated rings. The highest BCUT2D eigenvalue weighted by Gasteiger charge is 2.18. The summed E-state index contributed by atoms with van der Waals surface area (Å²) in [5, 5.41) is 2.58. The molecule has 2 amide bonds. The highest BCUT2D eigenvalue weighted by Crippen LogP contribution is 2.16. The Hall–Kier alpha value is -2.89. The van der Waals surface area contributed by atoms with Crippen molar-refractivity contribution < 1.29 is 14.3 Å². The molecule has 6 heteroatoms. The van der Waals surface area contributed by atoms with Gasteiger partial charge in [-0.3, -0.25) is 14.6 Å². The van der Waals surface area contributed by atoms with Gasteiger partial charge in [-0.25, -0.2) is 0 Å². The summed E-state index contributed by atoms with van der Waals surface area (Å²) in [6, 6.07) is 10.6. The fourth-order valence-electron chi connectivity index (χ4n) is 2.01. The Balaban J connectivity index is 1.89. The Bertz CT molecular complexity index is 674. The molecule has 0 saturated heterocycles. The summed E-state index contributed by atoms with van der Waals surface area (Å²) in [7, 11) is 3.15. The first kappa shape index (κ1) is 16.5. The molecule has 0 aliphatic heterocycles. The van der Waals surface area contributed by atoms with Crippen molar-refractivity contribution in [3.63, 3.8) is 0 Å². The van der Waals surface area contributed by atoms with Crippen molar-refractivity contribution in [2.45, 2.75) is 6.42 Å². The fraction of sp³-hybridized carbons (Fsp3) is 0.235. The van der Waals surface area contributed by atoms with E-state index in [0.29, 0.717) is 24.4 Å². The Morgan fingerprint density at radius 1 is 1.22 bits per heavy atom. The third-order valence-electron chi connectivity index (χ3n) is 3.35. The molecule has 0 unspecified atom stereocenters. The maximum absolute atomic E-state index is 12.1. The lowest BCUT2D eigenvalue weighted by molar-refractivity contribution is -0.142. The zero-order valence-electron chi connectivity index (χ0n) is 13.2. The quantitative estimate of drug-likeness (QED) is 0.853. The van der Waals surface area contributed by atoms with Gasteiger partial charge in [0.05, 0.1) is 7.11 Å². The monoisotopic (exact) mass is 313 g/mol. The molecule has 23 heavy (non-hydrogen) atoms. The molecule has 1 N–H and O–H groups in total. The van der Waals surface area contributed by atoms with Gasteiger partial charge in [0.25, 0.3) is 0 Å². The normalized spacial score (nSPS) is 10.0. The van der Waals surface area contributed by atoms with Crippen LogP contribution in [0.4, 0.5) is 5.69 Å². The van der Waals surface area contributed by atoms with Gasteiger partial charge in [0, 0.05) is 37.7 Å². The maximum Gasteiger partial charge on any atom is 0.313 e. The number of nitrogens with one attached hydrogen (secondary N) is 1. The van der Waals surface area contributed by atoms with Crippen LogP contribution in [0.2, 0.25) is 0 Å². The largest absolute Gasteiger partial charge is 0.497 e. The van der Waals surface area contributed by atoms with Gasteiger partial charge in [0.1, 0.15) is 5.75 Å². The molecule has 1 aromatic heterocycles. The molecule has 0 aliphatic carbocycles. The molecule has 2 aromatic rings. The highest BCUT2D eigenvalue weighted by atomic mass is 16.5. The van der Waals surface area contributed by atoms with Crippen LogP contribution in [0.3, 0.4) is 0 Å². The van der Waals surface area contributed by atoms with E-state index >= 15 is 0 Å². The molecular weight excluding hydrogens is 294 g/mol. The highest BCUT2D eigenvalue weighted by molar-refractivity contribution is 6.39. The Morgan fingerprint density at radius 2 is 1.96 bits per heavy atom. The number of benzene rings is 1. The SMILES string of the molecule is COc1cccc(NC(=O)C(=O)N(C)CCc2ccncc2)c1. The number of aromatic nitrogens is 1. The number of carbonyl (C=O) groups is 2. The lowest BCUT2D eigenvalue weighted by Crippen LogP contribution is -2.38. The summed E-state index contributed by atoms with van der Waals surface area (Å²) in [5.74, 6) is -0.640. The summed E-state index contributed by atoms with van der Waals surface area (Å²) in [4.78, 5) is 29.4. The van der Waals surface area contributed by atoms with Crippen LogP contribution >= 0.6 is 0 Å². The van der Waals surface area contributed by atoms with E-state index in [-0.39, 0.29) is 0 Å². The predicted molar refractivity (Wildman–Crippen MR) is 87.2 cm³/mol. The second kappa shape index (κ2) is 7.93. The van der Waals surface area contributed by atoms with E-state index in [1.54, 1.807) is 50.8 Å². The summed E-state index contributed by atoms with van der Waals surface area (Å²) in [5.41, 5.74) is 1.58. The molecule has 6 nitrogen and oxygen atoms in total. The van der Waals surface area contributed by atoms with Crippen LogP contribution in [0.15, 0.2) is 48.8 Å². The number of likely N-dealkylation sites (N-methyl/N-ethyl adjacent to an activating group) is 1. The Labute approximate surface area is 135 Å². The molecule has 0 atom stereocenters. The van der Waals surface area contributed by atoms with Crippen LogP contribution in [-0.2, 0) is 16.0 Å². The second-order valence-electron chi connectivity index (χ2n) is 5.02. The summed E-state index contributed by atoms with van der Waals surface area (Å²) < 4.78 is 5.08. The van der Waals surface area contributed by atoms with Crippen LogP contribution in [0.5, 0.6) is 5.75 Å². The van der Waals surface area contributed by atoms with Crippen LogP contribution in [-0.4, -0.2) is 42.4 Å². The molecule has 0 saturated carbocycles. The van der Waals surface area contributed by atoms with Crippen molar-refractivity contribution in [3.05, 3.63) is 54.4 Å². The van der Waals surface area contributed by atoms with E-state index in [1.165, 1.54) is 4.90 Å². The van der Waals surface area contributed by atoms with Gasteiger partial charge in [-0.1, -0.05) is 6.07 Å². The lowest BCUT2D eigenvalue weighted by atomic mass is 10.2. The van der Waals surface area contributed by atoms with Crippen molar-refractivity contribution in [3.8, 4) is 5.75 Å². The van der Waals surface area contributed by atoms with Crippen molar-refractivity contribution in [2.24, 2.45) is 0 Å². The average Bonchev–Trinajstić information content (AvgIpc) is 2.60. The summed E-state index contributed by atoms with van der Waals surface area (Å²) in [6.07, 6.45) is 4.07. The van der Waals surface area contributed by atoms with Crippen LogP contribution in [0, 0.1) is 0 Å². The van der Waals surface area contributed by atoms with Crippen molar-refractivity contribution >= 4 is 17.5 Å². The number of ether oxygens (including phenoxy) is 1. The van der Waals surface area contributed by atoms with Crippen molar-refractivity contribution in [1.82, 2.24) is 9.88 Å². The molecule has 0 aliphatic rings. The van der Waals surface area contributed by atoms with E-state index in [0.717, 1.165) is 5.56 Å². The van der Waals surface area contributed by atoms with Gasteiger partial charge in [0.2, 0.25) is 0 Å². The minimum atomic E-state index is -0.671. The molecule has 120 valence electrons. The average molecular weight is 313 g/mol. The van der Waals surface area contributed by atoms with Gasteiger partial charge >= 0.3 is 11.8 Å². The molecular formula is C17H19N3O3. The lowest BCUT2D eigenvalue weighted by Gasteiger charge is -2.16. The first-order valence-corrected chi connectivity index (χ1v) is 7.19. The summed E-state index contributed by atoms with van der Waals surface area (Å²) >= 11 is 0. The van der Waals surface area contributed by atoms with Crippen LogP contribution in [0.25, 0.3) is 0 Å². The topological polar surface area (TPSA) is 71.5 Å². The molecule has 1 heterocycles. The van der Waals surface area contributed by atoms with Gasteiger partial charge in [-0.2, -0.15) is 0 Å². The molecule has 0 radical (unpaired) electrons. The third-order valence-corrected chi connectivity index (χ3v) is 3.35. The minimum absolute atomic E-state index is 0.453. The smallest absolute Gasteiger partial charge is 0.313 e. The van der Waals surface area contributed by atoms with Gasteiger partial charge in [-0.05, 0) is 36.2 Å². The number of rotatable bonds is 5. The Kier molecular flexibility index (Phi) is 5.68. The summed E-state index contributed by atoms with van der Waals surface area (Å²) in [6.45, 7) is 0.453. The molecule has 0 bridgehead atoms. The van der Waals surface area contributed by atoms with E-state index in [2.05, 4.69) is 10.3 Å². The first-order valence-electron chi connectivity index (χ1n) is 7.19. The predicted octanol–water partition coefficient (Wildman–Crippen LogP) is 1.73. The van der Waals surface area contributed by atoms with Crippen LogP contribution < -0.4 is 10.1 Å².